The Morgan fingerprint density at radius 3 is 2.75 bits per heavy atom. The lowest BCUT2D eigenvalue weighted by Gasteiger charge is -2.11. The summed E-state index contributed by atoms with van der Waals surface area (Å²) in [7, 11) is 1.62. The molecular formula is C15H21N5O4. The van der Waals surface area contributed by atoms with E-state index in [1.165, 1.54) is 4.90 Å². The van der Waals surface area contributed by atoms with E-state index in [-0.39, 0.29) is 6.54 Å². The quantitative estimate of drug-likeness (QED) is 0.563. The highest BCUT2D eigenvalue weighted by Crippen LogP contribution is 2.23. The predicted molar refractivity (Wildman–Crippen MR) is 87.0 cm³/mol. The molecule has 0 unspecified atom stereocenters. The summed E-state index contributed by atoms with van der Waals surface area (Å²) < 4.78 is 1.92. The van der Waals surface area contributed by atoms with Gasteiger partial charge in [-0.1, -0.05) is 0 Å². The van der Waals surface area contributed by atoms with Crippen molar-refractivity contribution in [3.05, 3.63) is 18.3 Å². The topological polar surface area (TPSA) is 135 Å². The average Bonchev–Trinajstić information content (AvgIpc) is 2.95. The van der Waals surface area contributed by atoms with E-state index in [9.17, 15) is 9.59 Å². The van der Waals surface area contributed by atoms with Crippen LogP contribution in [0, 0.1) is 0 Å². The van der Waals surface area contributed by atoms with Gasteiger partial charge in [0, 0.05) is 19.8 Å². The molecule has 0 radical (unpaired) electrons. The van der Waals surface area contributed by atoms with Crippen LogP contribution < -0.4 is 10.6 Å². The second kappa shape index (κ2) is 7.73. The molecule has 2 aliphatic heterocycles. The number of fused-ring (bicyclic) bond motifs is 1. The number of carbonyl (C=O) groups is 2. The van der Waals surface area contributed by atoms with Crippen molar-refractivity contribution in [3.8, 4) is 11.5 Å². The second-order valence-corrected chi connectivity index (χ2v) is 5.62. The summed E-state index contributed by atoms with van der Waals surface area (Å²) in [5, 5.41) is 17.6. The molecule has 0 aromatic carbocycles. The molecule has 0 amide bonds. The zero-order valence-electron chi connectivity index (χ0n) is 13.4. The monoisotopic (exact) mass is 335 g/mol. The number of pyridine rings is 1. The van der Waals surface area contributed by atoms with Crippen LogP contribution in [0.2, 0.25) is 0 Å². The van der Waals surface area contributed by atoms with Crippen molar-refractivity contribution in [2.45, 2.75) is 31.8 Å². The molecule has 0 aromatic rings. The molecule has 2 aliphatic rings. The molecule has 0 spiro atoms. The van der Waals surface area contributed by atoms with Crippen molar-refractivity contribution in [2.75, 3.05) is 18.5 Å². The van der Waals surface area contributed by atoms with Crippen LogP contribution in [0.1, 0.15) is 19.3 Å². The van der Waals surface area contributed by atoms with Gasteiger partial charge in [0.05, 0.1) is 0 Å². The number of aryl methyl sites for hydroxylation is 1. The number of hydrogen-bond donors (Lipinski definition) is 3. The zero-order valence-corrected chi connectivity index (χ0v) is 13.4. The highest BCUT2D eigenvalue weighted by Gasteiger charge is 2.18. The minimum atomic E-state index is -0.988. The number of aromatic nitrogens is 3. The number of anilines is 1. The maximum atomic E-state index is 10.8. The van der Waals surface area contributed by atoms with E-state index in [0.717, 1.165) is 6.42 Å². The number of unbranched alkanes of at least 4 members (excludes halogenated alkanes) is 1. The molecule has 0 bridgehead atoms. The lowest BCUT2D eigenvalue weighted by Crippen LogP contribution is -2.29. The van der Waals surface area contributed by atoms with Gasteiger partial charge in [0.25, 0.3) is 0 Å². The van der Waals surface area contributed by atoms with Crippen LogP contribution in [-0.4, -0.2) is 56.3 Å². The third-order valence-electron chi connectivity index (χ3n) is 3.64. The van der Waals surface area contributed by atoms with Crippen LogP contribution in [0.25, 0.3) is 11.5 Å². The minimum Gasteiger partial charge on any atom is -0.480 e. The number of carboxylic acids is 2. The first kappa shape index (κ1) is 17.7. The Bertz CT molecular complexity index is 687. The molecule has 2 heterocycles. The summed E-state index contributed by atoms with van der Waals surface area (Å²) in [6, 6.07) is 2.83. The van der Waals surface area contributed by atoms with Gasteiger partial charge >= 0.3 is 11.9 Å². The number of imidazole rings is 1. The van der Waals surface area contributed by atoms with Crippen LogP contribution in [0.5, 0.6) is 0 Å². The predicted octanol–water partition coefficient (Wildman–Crippen LogP) is 0.486. The Labute approximate surface area is 139 Å². The molecule has 9 nitrogen and oxygen atoms in total. The fraction of sp³-hybridized carbons (Fsp3) is 0.467. The van der Waals surface area contributed by atoms with Crippen LogP contribution >= 0.6 is 0 Å². The first-order valence-electron chi connectivity index (χ1n) is 7.62. The van der Waals surface area contributed by atoms with Crippen molar-refractivity contribution in [1.82, 2.24) is 14.5 Å². The van der Waals surface area contributed by atoms with E-state index in [4.69, 9.17) is 15.9 Å². The number of rotatable bonds is 9. The summed E-state index contributed by atoms with van der Waals surface area (Å²) in [6.07, 6.45) is 3.74. The lowest BCUT2D eigenvalue weighted by molar-refractivity contribution is -0.139. The van der Waals surface area contributed by atoms with Gasteiger partial charge in [-0.2, -0.15) is 4.98 Å². The second-order valence-electron chi connectivity index (χ2n) is 5.62. The largest absolute Gasteiger partial charge is 0.480 e. The lowest BCUT2D eigenvalue weighted by atomic mass is 10.1. The Kier molecular flexibility index (Phi) is 5.69. The molecule has 24 heavy (non-hydrogen) atoms. The summed E-state index contributed by atoms with van der Waals surface area (Å²) >= 11 is 0. The molecule has 0 aromatic heterocycles. The Hall–Kier alpha value is -2.68. The van der Waals surface area contributed by atoms with Crippen LogP contribution in [0.15, 0.2) is 18.3 Å². The van der Waals surface area contributed by atoms with E-state index in [1.807, 2.05) is 22.9 Å². The summed E-state index contributed by atoms with van der Waals surface area (Å²) in [6.45, 7) is 0.480. The van der Waals surface area contributed by atoms with Crippen LogP contribution in [-0.2, 0) is 16.1 Å². The number of aliphatic carboxylic acids is 2. The summed E-state index contributed by atoms with van der Waals surface area (Å²) in [5.74, 6) is -0.903. The van der Waals surface area contributed by atoms with Gasteiger partial charge in [0.1, 0.15) is 18.3 Å². The van der Waals surface area contributed by atoms with Crippen molar-refractivity contribution >= 4 is 17.9 Å². The van der Waals surface area contributed by atoms with E-state index < -0.39 is 18.0 Å². The van der Waals surface area contributed by atoms with Crippen molar-refractivity contribution in [1.29, 1.82) is 0 Å². The first-order chi connectivity index (χ1) is 11.4. The van der Waals surface area contributed by atoms with Gasteiger partial charge in [-0.15, -0.1) is 0 Å². The number of nitrogens with two attached hydrogens (primary N) is 1. The van der Waals surface area contributed by atoms with E-state index >= 15 is 0 Å². The molecule has 2 rings (SSSR count). The standard InChI is InChI=1S/C15H21N5O4/c1-19(9-12(21)22)15-17-11-6-4-8-20(13(11)18-15)7-3-2-5-10(16)14(23)24/h4,6,8,10H,2-3,5,7,9,16H2,1H3,(H,21,22)(H,23,24)/t10-/m0/s1. The summed E-state index contributed by atoms with van der Waals surface area (Å²) in [5.41, 5.74) is 6.17. The molecule has 4 N–H and O–H groups in total. The fourth-order valence-corrected chi connectivity index (χ4v) is 2.36. The smallest absolute Gasteiger partial charge is 0.323 e. The van der Waals surface area contributed by atoms with Gasteiger partial charge in [0.15, 0.2) is 5.82 Å². The number of likely N-dealkylation sites (N-methyl/N-ethyl adjacent to an activating group) is 1. The molecule has 0 saturated carbocycles. The highest BCUT2D eigenvalue weighted by atomic mass is 16.4. The average molecular weight is 335 g/mol. The van der Waals surface area contributed by atoms with E-state index in [2.05, 4.69) is 9.97 Å². The van der Waals surface area contributed by atoms with Crippen molar-refractivity contribution < 1.29 is 19.8 Å². The van der Waals surface area contributed by atoms with Crippen molar-refractivity contribution in [2.24, 2.45) is 5.73 Å². The number of carboxylic acid groups (broad SMARTS) is 2. The summed E-state index contributed by atoms with van der Waals surface area (Å²) in [4.78, 5) is 31.7. The van der Waals surface area contributed by atoms with Gasteiger partial charge in [-0.25, -0.2) is 4.98 Å². The minimum absolute atomic E-state index is 0.177. The fourth-order valence-electron chi connectivity index (χ4n) is 2.36. The molecule has 130 valence electrons. The van der Waals surface area contributed by atoms with Gasteiger partial charge in [-0.3, -0.25) is 9.59 Å². The van der Waals surface area contributed by atoms with E-state index in [1.54, 1.807) is 7.05 Å². The molecule has 9 heteroatoms. The molecule has 0 aliphatic carbocycles. The molecule has 0 fully saturated rings. The Balaban J connectivity index is 2.02. The van der Waals surface area contributed by atoms with Gasteiger partial charge in [-0.05, 0) is 31.4 Å². The zero-order chi connectivity index (χ0) is 17.7. The highest BCUT2D eigenvalue weighted by molar-refractivity contribution is 5.73. The molecule has 1 atom stereocenters. The maximum absolute atomic E-state index is 10.8. The van der Waals surface area contributed by atoms with Crippen molar-refractivity contribution in [3.63, 3.8) is 0 Å². The SMILES string of the molecule is CN(CC(=O)O)c1nc2cccn(CCCC[C@H](N)C(=O)O)c-2n1. The Morgan fingerprint density at radius 1 is 1.33 bits per heavy atom. The Morgan fingerprint density at radius 2 is 2.08 bits per heavy atom. The third-order valence-corrected chi connectivity index (χ3v) is 3.64. The third kappa shape index (κ3) is 4.42. The first-order valence-corrected chi connectivity index (χ1v) is 7.62. The van der Waals surface area contributed by atoms with Crippen LogP contribution in [0.4, 0.5) is 5.95 Å². The number of hydrogen-bond acceptors (Lipinski definition) is 6. The van der Waals surface area contributed by atoms with E-state index in [0.29, 0.717) is 36.9 Å². The van der Waals surface area contributed by atoms with Gasteiger partial charge in [0.2, 0.25) is 5.95 Å². The van der Waals surface area contributed by atoms with Gasteiger partial charge < -0.3 is 25.4 Å². The number of nitrogens with zero attached hydrogens (tertiary/aromatic N) is 4. The molecule has 0 saturated heterocycles. The molecular weight excluding hydrogens is 314 g/mol. The normalized spacial score (nSPS) is 12.2. The van der Waals surface area contributed by atoms with Crippen LogP contribution in [0.3, 0.4) is 0 Å². The maximum Gasteiger partial charge on any atom is 0.323 e.